The van der Waals surface area contributed by atoms with Crippen molar-refractivity contribution in [3.63, 3.8) is 0 Å². The van der Waals surface area contributed by atoms with Crippen LogP contribution in [0.15, 0.2) is 47.8 Å². The van der Waals surface area contributed by atoms with E-state index in [1.165, 1.54) is 11.8 Å². The summed E-state index contributed by atoms with van der Waals surface area (Å²) in [5.41, 5.74) is 1.89. The maximum absolute atomic E-state index is 8.22. The van der Waals surface area contributed by atoms with Gasteiger partial charge in [0.15, 0.2) is 0 Å². The second kappa shape index (κ2) is 5.60. The smallest absolute Gasteiger partial charge is 0.105 e. The maximum Gasteiger partial charge on any atom is 0.105 e. The van der Waals surface area contributed by atoms with Crippen molar-refractivity contribution in [1.82, 2.24) is 15.0 Å². The van der Waals surface area contributed by atoms with E-state index in [2.05, 4.69) is 15.5 Å². The average molecular weight is 228 g/mol. The molecule has 2 aromatic rings. The Labute approximate surface area is 98.7 Å². The van der Waals surface area contributed by atoms with Gasteiger partial charge in [-0.25, -0.2) is 4.68 Å². The number of hydrogen-bond donors (Lipinski definition) is 1. The summed E-state index contributed by atoms with van der Waals surface area (Å²) in [7, 11) is 0. The van der Waals surface area contributed by atoms with Gasteiger partial charge in [-0.15, -0.1) is 5.10 Å². The largest absolute Gasteiger partial charge is 0.411 e. The van der Waals surface area contributed by atoms with Crippen molar-refractivity contribution >= 4 is 12.3 Å². The number of aromatic nitrogens is 3. The molecule has 0 amide bonds. The molecule has 1 aromatic carbocycles. The van der Waals surface area contributed by atoms with Crippen LogP contribution in [0.1, 0.15) is 11.3 Å². The molecule has 0 spiro atoms. The zero-order chi connectivity index (χ0) is 11.9. The Balaban J connectivity index is 2.04. The van der Waals surface area contributed by atoms with E-state index in [1.807, 2.05) is 36.5 Å². The first-order chi connectivity index (χ1) is 8.38. The Morgan fingerprint density at radius 2 is 2.12 bits per heavy atom. The minimum atomic E-state index is 0.690. The summed E-state index contributed by atoms with van der Waals surface area (Å²) in [4.78, 5) is 0. The van der Waals surface area contributed by atoms with E-state index in [1.54, 1.807) is 16.8 Å². The molecule has 0 bridgehead atoms. The zero-order valence-electron chi connectivity index (χ0n) is 9.14. The summed E-state index contributed by atoms with van der Waals surface area (Å²) in [6, 6.07) is 10.0. The molecular weight excluding hydrogens is 216 g/mol. The standard InChI is InChI=1S/C12H12N4O/c17-13-8-4-7-12-10-16(15-14-12)9-11-5-2-1-3-6-11/h1-8,10,17H,9H2/b7-4?,13-8-. The number of nitrogens with zero attached hydrogens (tertiary/aromatic N) is 4. The lowest BCUT2D eigenvalue weighted by atomic mass is 10.2. The maximum atomic E-state index is 8.22. The van der Waals surface area contributed by atoms with E-state index in [4.69, 9.17) is 5.21 Å². The third-order valence-corrected chi connectivity index (χ3v) is 2.16. The van der Waals surface area contributed by atoms with E-state index in [-0.39, 0.29) is 0 Å². The Hall–Kier alpha value is -2.43. The molecule has 1 aromatic heterocycles. The van der Waals surface area contributed by atoms with Gasteiger partial charge in [0.1, 0.15) is 5.69 Å². The molecule has 0 fully saturated rings. The molecule has 1 N–H and O–H groups in total. The van der Waals surface area contributed by atoms with Gasteiger partial charge in [-0.05, 0) is 17.7 Å². The molecule has 0 saturated carbocycles. The summed E-state index contributed by atoms with van der Waals surface area (Å²) in [6.07, 6.45) is 6.41. The minimum absolute atomic E-state index is 0.690. The number of benzene rings is 1. The summed E-state index contributed by atoms with van der Waals surface area (Å²) >= 11 is 0. The lowest BCUT2D eigenvalue weighted by Gasteiger charge is -1.98. The van der Waals surface area contributed by atoms with E-state index < -0.39 is 0 Å². The quantitative estimate of drug-likeness (QED) is 0.493. The SMILES string of the molecule is O/N=C\C=Cc1cn(Cc2ccccc2)nn1. The van der Waals surface area contributed by atoms with Gasteiger partial charge in [0.25, 0.3) is 0 Å². The average Bonchev–Trinajstić information content (AvgIpc) is 2.79. The normalized spacial score (nSPS) is 11.5. The molecule has 0 saturated heterocycles. The number of allylic oxidation sites excluding steroid dienone is 1. The van der Waals surface area contributed by atoms with Crippen LogP contribution in [0.2, 0.25) is 0 Å². The fourth-order valence-electron chi connectivity index (χ4n) is 1.42. The van der Waals surface area contributed by atoms with Crippen molar-refractivity contribution < 1.29 is 5.21 Å². The summed E-state index contributed by atoms with van der Waals surface area (Å²) in [5, 5.41) is 19.0. The highest BCUT2D eigenvalue weighted by atomic mass is 16.4. The predicted molar refractivity (Wildman–Crippen MR) is 64.9 cm³/mol. The van der Waals surface area contributed by atoms with Crippen LogP contribution in [0.3, 0.4) is 0 Å². The van der Waals surface area contributed by atoms with Crippen LogP contribution in [-0.2, 0) is 6.54 Å². The number of oxime groups is 1. The van der Waals surface area contributed by atoms with Crippen LogP contribution in [0, 0.1) is 0 Å². The third-order valence-electron chi connectivity index (χ3n) is 2.16. The summed E-state index contributed by atoms with van der Waals surface area (Å²) in [6.45, 7) is 0.690. The van der Waals surface area contributed by atoms with E-state index in [9.17, 15) is 0 Å². The lowest BCUT2D eigenvalue weighted by Crippen LogP contribution is -1.99. The number of hydrogen-bond acceptors (Lipinski definition) is 4. The monoisotopic (exact) mass is 228 g/mol. The van der Waals surface area contributed by atoms with Crippen molar-refractivity contribution in [2.45, 2.75) is 6.54 Å². The van der Waals surface area contributed by atoms with Gasteiger partial charge in [-0.3, -0.25) is 0 Å². The molecule has 0 aliphatic rings. The Morgan fingerprint density at radius 1 is 1.29 bits per heavy atom. The van der Waals surface area contributed by atoms with Gasteiger partial charge in [-0.1, -0.05) is 40.7 Å². The molecule has 86 valence electrons. The highest BCUT2D eigenvalue weighted by Crippen LogP contribution is 2.02. The molecule has 5 heteroatoms. The van der Waals surface area contributed by atoms with Gasteiger partial charge < -0.3 is 5.21 Å². The van der Waals surface area contributed by atoms with Gasteiger partial charge >= 0.3 is 0 Å². The Kier molecular flexibility index (Phi) is 3.64. The first kappa shape index (κ1) is 11.1. The Bertz CT molecular complexity index is 516. The Morgan fingerprint density at radius 3 is 2.88 bits per heavy atom. The van der Waals surface area contributed by atoms with Crippen LogP contribution in [0.25, 0.3) is 6.08 Å². The predicted octanol–water partition coefficient (Wildman–Crippen LogP) is 1.80. The van der Waals surface area contributed by atoms with Crippen molar-refractivity contribution in [1.29, 1.82) is 0 Å². The third kappa shape index (κ3) is 3.27. The van der Waals surface area contributed by atoms with Crippen molar-refractivity contribution in [2.24, 2.45) is 5.16 Å². The molecular formula is C12H12N4O. The van der Waals surface area contributed by atoms with Crippen LogP contribution in [0.4, 0.5) is 0 Å². The highest BCUT2D eigenvalue weighted by molar-refractivity contribution is 5.76. The van der Waals surface area contributed by atoms with Crippen molar-refractivity contribution in [3.05, 3.63) is 53.9 Å². The zero-order valence-corrected chi connectivity index (χ0v) is 9.14. The molecule has 5 nitrogen and oxygen atoms in total. The minimum Gasteiger partial charge on any atom is -0.411 e. The molecule has 0 aliphatic heterocycles. The topological polar surface area (TPSA) is 63.3 Å². The van der Waals surface area contributed by atoms with E-state index in [0.29, 0.717) is 6.54 Å². The van der Waals surface area contributed by atoms with Gasteiger partial charge in [0.2, 0.25) is 0 Å². The van der Waals surface area contributed by atoms with Crippen LogP contribution in [-0.4, -0.2) is 26.4 Å². The molecule has 2 rings (SSSR count). The molecule has 0 aliphatic carbocycles. The first-order valence-electron chi connectivity index (χ1n) is 5.16. The second-order valence-electron chi connectivity index (χ2n) is 3.45. The molecule has 0 radical (unpaired) electrons. The summed E-state index contributed by atoms with van der Waals surface area (Å²) < 4.78 is 1.76. The van der Waals surface area contributed by atoms with Crippen molar-refractivity contribution in [3.8, 4) is 0 Å². The van der Waals surface area contributed by atoms with Gasteiger partial charge in [0.05, 0.1) is 19.0 Å². The lowest BCUT2D eigenvalue weighted by molar-refractivity contribution is 0.322. The van der Waals surface area contributed by atoms with Crippen LogP contribution < -0.4 is 0 Å². The second-order valence-corrected chi connectivity index (χ2v) is 3.45. The van der Waals surface area contributed by atoms with Crippen molar-refractivity contribution in [2.75, 3.05) is 0 Å². The van der Waals surface area contributed by atoms with Crippen LogP contribution in [0.5, 0.6) is 0 Å². The van der Waals surface area contributed by atoms with E-state index in [0.717, 1.165) is 5.69 Å². The van der Waals surface area contributed by atoms with Crippen LogP contribution >= 0.6 is 0 Å². The number of rotatable bonds is 4. The molecule has 17 heavy (non-hydrogen) atoms. The van der Waals surface area contributed by atoms with Gasteiger partial charge in [-0.2, -0.15) is 0 Å². The fourth-order valence-corrected chi connectivity index (χ4v) is 1.42. The highest BCUT2D eigenvalue weighted by Gasteiger charge is 1.97. The van der Waals surface area contributed by atoms with E-state index >= 15 is 0 Å². The first-order valence-corrected chi connectivity index (χ1v) is 5.16. The summed E-state index contributed by atoms with van der Waals surface area (Å²) in [5.74, 6) is 0. The molecule has 1 heterocycles. The van der Waals surface area contributed by atoms with Gasteiger partial charge in [0, 0.05) is 0 Å². The molecule has 0 unspecified atom stereocenters. The molecule has 0 atom stereocenters. The fraction of sp³-hybridized carbons (Fsp3) is 0.0833.